The normalized spacial score (nSPS) is 16.1. The number of hydrogen-bond donors (Lipinski definition) is 34. The lowest BCUT2D eigenvalue weighted by atomic mass is 9.86. The number of rotatable bonds is 50. The maximum atomic E-state index is 16.1. The molecule has 4 aromatic rings. The van der Waals surface area contributed by atoms with Crippen molar-refractivity contribution in [3.05, 3.63) is 87.3 Å². The number of likely N-dealkylation sites (N-methyl/N-ethyl adjacent to an activating group) is 2. The number of nitrogens with zero attached hydrogens (tertiary/aromatic N) is 2. The molecule has 0 unspecified atom stereocenters. The van der Waals surface area contributed by atoms with E-state index in [9.17, 15) is 151 Å². The summed E-state index contributed by atoms with van der Waals surface area (Å²) in [6.45, 7) is -7.15. The van der Waals surface area contributed by atoms with Crippen molar-refractivity contribution in [2.45, 2.75) is 163 Å². The van der Waals surface area contributed by atoms with E-state index in [2.05, 4.69) is 53.2 Å². The fourth-order valence-electron chi connectivity index (χ4n) is 12.1. The fourth-order valence-corrected chi connectivity index (χ4v) is 29.7. The van der Waals surface area contributed by atoms with E-state index in [-0.39, 0.29) is 65.6 Å². The summed E-state index contributed by atoms with van der Waals surface area (Å²) < 4.78 is -2.57. The average Bonchev–Trinajstić information content (AvgIpc) is 0.774. The highest BCUT2D eigenvalue weighted by atomic mass is 127. The molecule has 0 saturated heterocycles. The second kappa shape index (κ2) is 58.3. The van der Waals surface area contributed by atoms with Gasteiger partial charge in [-0.25, -0.2) is 0 Å². The van der Waals surface area contributed by atoms with E-state index in [1.54, 1.807) is 271 Å². The number of nitrogens with one attached hydrogen (secondary N) is 10. The summed E-state index contributed by atoms with van der Waals surface area (Å²) in [7, 11) is 2.16. The molecule has 0 spiro atoms. The van der Waals surface area contributed by atoms with Crippen molar-refractivity contribution in [1.29, 1.82) is 0 Å². The molecule has 0 radical (unpaired) electrons. The molecule has 20 atom stereocenters. The smallest absolute Gasteiger partial charge is 0.255 e. The van der Waals surface area contributed by atoms with Crippen LogP contribution in [0.3, 0.4) is 0 Å². The Morgan fingerprint density at radius 1 is 0.255 bits per heavy atom. The number of carbonyl (C=O) groups is 12. The fraction of sp³-hybridized carbons (Fsp3) is 0.532. The number of aliphatic hydroxyl groups is 24. The molecular weight excluding hydrogens is 3190 g/mol. The molecule has 0 heterocycles. The zero-order valence-electron chi connectivity index (χ0n) is 72.0. The number of carbonyl (C=O) groups excluding carboxylic acids is 12. The molecule has 0 fully saturated rings. The van der Waals surface area contributed by atoms with Gasteiger partial charge in [0.05, 0.1) is 134 Å². The summed E-state index contributed by atoms with van der Waals surface area (Å²) in [5, 5.41) is 275. The molecule has 48 nitrogen and oxygen atoms in total. The van der Waals surface area contributed by atoms with Crippen LogP contribution in [0.2, 0.25) is 0 Å². The van der Waals surface area contributed by atoms with Gasteiger partial charge in [-0.15, -0.1) is 0 Å². The Bertz CT molecular complexity index is 4760. The van der Waals surface area contributed by atoms with E-state index >= 15 is 28.8 Å². The maximum Gasteiger partial charge on any atom is 0.255 e. The van der Waals surface area contributed by atoms with Crippen molar-refractivity contribution >= 4 is 365 Å². The summed E-state index contributed by atoms with van der Waals surface area (Å²) in [6, 6.07) is 0. The minimum Gasteiger partial charge on any atom is -0.394 e. The topological polar surface area (TPSA) is 817 Å². The first-order valence-electron chi connectivity index (χ1n) is 39.9. The van der Waals surface area contributed by atoms with Crippen molar-refractivity contribution < 1.29 is 180 Å². The SMILES string of the molecule is C[C@H](O)C(=O)Nc1c(I)c(C(=O)NCC[C@H](O)[C@@H](O)[C@H](O)[C@H](O)CO)c(I)c(C(=O)NCC(CNC(=O)c2c(I)c(NC(=O)[C@H](C)O)c(I)c(C(=O)NCC[C@H](O)[C@@H](O)[C@H](O)[C@H](O)CO)c2I)(CNC(=O)c2c(I)c(NC(=O)[C@H](C)O)c(I)c(C(=O)N(C)C[C@H](O)[C@@H](O)[C@H](O)[C@H](O)CO)c2I)CNC(=O)c2c(I)c(NC(=O)[C@H](C)O)c(I)c(C(=O)N(C)C[C@H](O)[C@@H](O)[C@H](O)[C@H](O)CO)c2I)c1I. The van der Waals surface area contributed by atoms with E-state index in [0.717, 1.165) is 51.6 Å². The van der Waals surface area contributed by atoms with Crippen LogP contribution in [-0.2, 0) is 19.2 Å². The number of halogens is 12. The molecule has 0 bridgehead atoms. The Morgan fingerprint density at radius 2 is 0.423 bits per heavy atom. The van der Waals surface area contributed by atoms with Gasteiger partial charge in [0.15, 0.2) is 0 Å². The highest BCUT2D eigenvalue weighted by molar-refractivity contribution is 14.1. The van der Waals surface area contributed by atoms with Crippen LogP contribution < -0.4 is 53.2 Å². The van der Waals surface area contributed by atoms with Crippen LogP contribution in [0.25, 0.3) is 0 Å². The van der Waals surface area contributed by atoms with Crippen LogP contribution in [0.15, 0.2) is 0 Å². The number of aliphatic hydroxyl groups excluding tert-OH is 24. The first-order chi connectivity index (χ1) is 63.6. The van der Waals surface area contributed by atoms with E-state index in [4.69, 9.17) is 0 Å². The van der Waals surface area contributed by atoms with Crippen molar-refractivity contribution in [3.8, 4) is 0 Å². The molecule has 137 heavy (non-hydrogen) atoms. The summed E-state index contributed by atoms with van der Waals surface area (Å²) in [4.78, 5) is 180. The maximum absolute atomic E-state index is 16.1. The van der Waals surface area contributed by atoms with Crippen LogP contribution in [0.1, 0.15) is 123 Å². The third-order valence-electron chi connectivity index (χ3n) is 20.4. The summed E-state index contributed by atoms with van der Waals surface area (Å²) in [5.74, 6) is -14.0. The molecule has 60 heteroatoms. The molecule has 0 aromatic heterocycles. The lowest BCUT2D eigenvalue weighted by molar-refractivity contribution is -0.123. The predicted octanol–water partition coefficient (Wildman–Crippen LogP) is -5.65. The molecule has 0 aliphatic rings. The van der Waals surface area contributed by atoms with Crippen molar-refractivity contribution in [2.75, 3.05) is 114 Å². The van der Waals surface area contributed by atoms with E-state index in [1.165, 1.54) is 0 Å². The molecule has 12 amide bonds. The first-order valence-corrected chi connectivity index (χ1v) is 52.8. The number of anilines is 4. The van der Waals surface area contributed by atoms with Gasteiger partial charge < -0.3 is 186 Å². The number of amides is 12. The lowest BCUT2D eigenvalue weighted by Gasteiger charge is -2.35. The molecule has 768 valence electrons. The monoisotopic (exact) mass is 3290 g/mol. The summed E-state index contributed by atoms with van der Waals surface area (Å²) in [6.07, 6.45) is -41.5. The minimum atomic E-state index is -2.40. The Balaban J connectivity index is 2.36. The van der Waals surface area contributed by atoms with Gasteiger partial charge in [0.1, 0.15) is 110 Å². The van der Waals surface area contributed by atoms with Gasteiger partial charge in [0.2, 0.25) is 0 Å². The lowest BCUT2D eigenvalue weighted by Crippen LogP contribution is -2.57. The van der Waals surface area contributed by atoms with Gasteiger partial charge in [-0.2, -0.15) is 0 Å². The Morgan fingerprint density at radius 3 is 0.613 bits per heavy atom. The van der Waals surface area contributed by atoms with Crippen molar-refractivity contribution in [3.63, 3.8) is 0 Å². The molecule has 4 rings (SSSR count). The van der Waals surface area contributed by atoms with Crippen LogP contribution >= 0.6 is 271 Å². The molecule has 0 aliphatic carbocycles. The van der Waals surface area contributed by atoms with E-state index in [1.807, 2.05) is 0 Å². The van der Waals surface area contributed by atoms with Crippen molar-refractivity contribution in [2.24, 2.45) is 5.41 Å². The highest BCUT2D eigenvalue weighted by Gasteiger charge is 2.43. The van der Waals surface area contributed by atoms with Gasteiger partial charge in [0, 0.05) is 86.1 Å². The molecule has 34 N–H and O–H groups in total. The van der Waals surface area contributed by atoms with E-state index < -0.39 is 335 Å². The van der Waals surface area contributed by atoms with Gasteiger partial charge in [0.25, 0.3) is 70.9 Å². The third-order valence-corrected chi connectivity index (χ3v) is 33.4. The molecular formula is C77H100I12N12O36. The second-order valence-electron chi connectivity index (χ2n) is 30.8. The number of benzene rings is 4. The summed E-state index contributed by atoms with van der Waals surface area (Å²) in [5.41, 5.74) is -7.64. The van der Waals surface area contributed by atoms with Crippen molar-refractivity contribution in [1.82, 2.24) is 41.7 Å². The second-order valence-corrected chi connectivity index (χ2v) is 43.8. The first kappa shape index (κ1) is 128. The minimum absolute atomic E-state index is 0.128. The molecule has 0 aliphatic heterocycles. The standard InChI is InChI=1S/C77H100I12N12O36/c1-21(106)65(126)96-53-45(82)33(69(130)90-9-7-25(110)57(118)61(122)29(114)13-102)41(78)35(47(53)84)71(132)92-17-77(18-93-72(133)36-42(79)34(46(83)54(48(36)85)97-66(127)22(2)107)70(131)91-10-8-26(111)58(119)62(123)30(115)14-103,19-94-73(134)37-43(80)39(51(88)55(49(37)86)98-67(128)23(3)108)75(136)100(5)11-27(112)59(120)63(124)31(116)15-104)20-95-74(135)38-44(81)40(52(89)56(50(38)87)99-68(129)24(4)109)76(137)101(6)12-28(113)60(121)64(125)32(117)16-105/h21-32,57-64,102-125H,7-20H2,1-6H3,(H,90,130)(H,91,131)(H,92,132)(H,93,133)(H,94,134)(H,95,135)(H,96,126)(H,97,127)(H,98,128)(H,99,129)/t21-,22-,23-,24-,25-,26-,27-,28-,29+,30+,31+,32+,57+,58+,59+,60+,61+,62+,63+,64+/m0/s1. The predicted molar refractivity (Wildman–Crippen MR) is 584 cm³/mol. The molecule has 4 aromatic carbocycles. The van der Waals surface area contributed by atoms with Crippen LogP contribution in [0.5, 0.6) is 0 Å². The van der Waals surface area contributed by atoms with Gasteiger partial charge >= 0.3 is 0 Å². The Labute approximate surface area is 943 Å². The quantitative estimate of drug-likeness (QED) is 0.0183. The van der Waals surface area contributed by atoms with Crippen LogP contribution in [0.4, 0.5) is 22.7 Å². The largest absolute Gasteiger partial charge is 0.394 e. The van der Waals surface area contributed by atoms with Gasteiger partial charge in [-0.3, -0.25) is 57.5 Å². The van der Waals surface area contributed by atoms with Crippen LogP contribution in [-0.4, -0.2) is 418 Å². The molecule has 0 saturated carbocycles. The average molecular weight is 3290 g/mol. The Hall–Kier alpha value is -1.68. The van der Waals surface area contributed by atoms with Gasteiger partial charge in [-0.05, 0) is 312 Å². The Kier molecular flexibility index (Phi) is 54.3. The number of hydrogen-bond acceptors (Lipinski definition) is 36. The highest BCUT2D eigenvalue weighted by Crippen LogP contribution is 2.42. The zero-order chi connectivity index (χ0) is 105. The van der Waals surface area contributed by atoms with E-state index in [0.29, 0.717) is 0 Å². The summed E-state index contributed by atoms with van der Waals surface area (Å²) >= 11 is 19.2. The van der Waals surface area contributed by atoms with Crippen LogP contribution in [0, 0.1) is 48.3 Å². The zero-order valence-corrected chi connectivity index (χ0v) is 97.9. The van der Waals surface area contributed by atoms with Gasteiger partial charge in [-0.1, -0.05) is 0 Å². The third kappa shape index (κ3) is 33.2.